The van der Waals surface area contributed by atoms with Crippen molar-refractivity contribution in [2.45, 2.75) is 22.9 Å². The maximum absolute atomic E-state index is 4.41. The van der Waals surface area contributed by atoms with E-state index in [0.717, 1.165) is 11.6 Å². The van der Waals surface area contributed by atoms with Crippen LogP contribution < -0.4 is 0 Å². The van der Waals surface area contributed by atoms with Crippen molar-refractivity contribution in [2.24, 2.45) is 0 Å². The lowest BCUT2D eigenvalue weighted by Crippen LogP contribution is -2.13. The Morgan fingerprint density at radius 1 is 1.20 bits per heavy atom. The second kappa shape index (κ2) is 4.79. The summed E-state index contributed by atoms with van der Waals surface area (Å²) in [6, 6.07) is 11.3. The first-order valence-corrected chi connectivity index (χ1v) is 8.48. The first-order valence-electron chi connectivity index (χ1n) is 6.62. The molecule has 3 heterocycles. The summed E-state index contributed by atoms with van der Waals surface area (Å²) in [5.74, 6) is 2.11. The summed E-state index contributed by atoms with van der Waals surface area (Å²) in [5.41, 5.74) is 4.24. The SMILES string of the molecule is Cc1nccn1C1c2ccccc2CSc2sccc21. The third-order valence-electron chi connectivity index (χ3n) is 3.80. The molecule has 0 amide bonds. The van der Waals surface area contributed by atoms with Gasteiger partial charge in [0.05, 0.1) is 10.3 Å². The topological polar surface area (TPSA) is 17.8 Å². The highest BCUT2D eigenvalue weighted by atomic mass is 32.2. The Balaban J connectivity index is 2.00. The van der Waals surface area contributed by atoms with Crippen molar-refractivity contribution in [1.29, 1.82) is 0 Å². The van der Waals surface area contributed by atoms with Crippen LogP contribution in [0, 0.1) is 6.92 Å². The molecule has 0 spiro atoms. The van der Waals surface area contributed by atoms with E-state index in [1.165, 1.54) is 20.9 Å². The molecule has 1 unspecified atom stereocenters. The summed E-state index contributed by atoms with van der Waals surface area (Å²) < 4.78 is 3.72. The Morgan fingerprint density at radius 2 is 2.10 bits per heavy atom. The molecule has 1 atom stereocenters. The summed E-state index contributed by atoms with van der Waals surface area (Å²) in [6.45, 7) is 2.08. The van der Waals surface area contributed by atoms with Gasteiger partial charge in [-0.1, -0.05) is 24.3 Å². The molecule has 3 aromatic rings. The van der Waals surface area contributed by atoms with Gasteiger partial charge >= 0.3 is 0 Å². The highest BCUT2D eigenvalue weighted by Gasteiger charge is 2.26. The van der Waals surface area contributed by atoms with Gasteiger partial charge in [-0.15, -0.1) is 23.1 Å². The van der Waals surface area contributed by atoms with Gasteiger partial charge in [0.25, 0.3) is 0 Å². The van der Waals surface area contributed by atoms with Crippen LogP contribution in [0.25, 0.3) is 0 Å². The van der Waals surface area contributed by atoms with Gasteiger partial charge in [-0.2, -0.15) is 0 Å². The fourth-order valence-corrected chi connectivity index (χ4v) is 4.99. The van der Waals surface area contributed by atoms with Gasteiger partial charge in [0.2, 0.25) is 0 Å². The summed E-state index contributed by atoms with van der Waals surface area (Å²) in [6.07, 6.45) is 3.98. The largest absolute Gasteiger partial charge is 0.323 e. The van der Waals surface area contributed by atoms with Gasteiger partial charge in [-0.25, -0.2) is 4.98 Å². The molecule has 4 heteroatoms. The highest BCUT2D eigenvalue weighted by molar-refractivity contribution is 8.00. The molecule has 100 valence electrons. The molecule has 2 aromatic heterocycles. The Hall–Kier alpha value is -1.52. The normalized spacial score (nSPS) is 17.4. The predicted octanol–water partition coefficient (Wildman–Crippen LogP) is 4.50. The van der Waals surface area contributed by atoms with Crippen molar-refractivity contribution < 1.29 is 0 Å². The van der Waals surface area contributed by atoms with Gasteiger partial charge < -0.3 is 4.57 Å². The van der Waals surface area contributed by atoms with Crippen LogP contribution >= 0.6 is 23.1 Å². The second-order valence-corrected chi connectivity index (χ2v) is 7.10. The molecule has 0 aliphatic carbocycles. The maximum Gasteiger partial charge on any atom is 0.106 e. The van der Waals surface area contributed by atoms with Crippen molar-refractivity contribution in [2.75, 3.05) is 0 Å². The van der Waals surface area contributed by atoms with Crippen LogP contribution in [0.1, 0.15) is 28.6 Å². The average molecular weight is 298 g/mol. The van der Waals surface area contributed by atoms with Gasteiger partial charge in [0, 0.05) is 23.7 Å². The fraction of sp³-hybridized carbons (Fsp3) is 0.188. The molecule has 1 aromatic carbocycles. The van der Waals surface area contributed by atoms with Gasteiger partial charge in [-0.05, 0) is 29.5 Å². The number of imidazole rings is 1. The first kappa shape index (κ1) is 12.2. The number of nitrogens with zero attached hydrogens (tertiary/aromatic N) is 2. The Morgan fingerprint density at radius 3 is 2.95 bits per heavy atom. The van der Waals surface area contributed by atoms with E-state index in [9.17, 15) is 0 Å². The van der Waals surface area contributed by atoms with Gasteiger partial charge in [0.15, 0.2) is 0 Å². The molecule has 0 saturated heterocycles. The lowest BCUT2D eigenvalue weighted by atomic mass is 9.96. The molecule has 0 N–H and O–H groups in total. The summed E-state index contributed by atoms with van der Waals surface area (Å²) >= 11 is 3.80. The molecule has 1 aliphatic rings. The molecule has 0 saturated carbocycles. The zero-order chi connectivity index (χ0) is 13.5. The van der Waals surface area contributed by atoms with Gasteiger partial charge in [-0.3, -0.25) is 0 Å². The van der Waals surface area contributed by atoms with E-state index >= 15 is 0 Å². The molecule has 0 radical (unpaired) electrons. The van der Waals surface area contributed by atoms with Crippen LogP contribution in [0.5, 0.6) is 0 Å². The molecule has 0 fully saturated rings. The van der Waals surface area contributed by atoms with Crippen LogP contribution in [-0.4, -0.2) is 9.55 Å². The molecule has 2 nitrogen and oxygen atoms in total. The zero-order valence-corrected chi connectivity index (χ0v) is 12.7. The summed E-state index contributed by atoms with van der Waals surface area (Å²) in [4.78, 5) is 4.41. The van der Waals surface area contributed by atoms with E-state index in [4.69, 9.17) is 0 Å². The predicted molar refractivity (Wildman–Crippen MR) is 84.5 cm³/mol. The number of hydrogen-bond acceptors (Lipinski definition) is 3. The molecular weight excluding hydrogens is 284 g/mol. The van der Waals surface area contributed by atoms with Crippen molar-refractivity contribution >= 4 is 23.1 Å². The summed E-state index contributed by atoms with van der Waals surface area (Å²) in [7, 11) is 0. The van der Waals surface area contributed by atoms with Crippen LogP contribution in [-0.2, 0) is 5.75 Å². The Kier molecular flexibility index (Phi) is 2.93. The number of rotatable bonds is 1. The van der Waals surface area contributed by atoms with E-state index < -0.39 is 0 Å². The number of aryl methyl sites for hydroxylation is 1. The van der Waals surface area contributed by atoms with Crippen LogP contribution in [0.15, 0.2) is 52.3 Å². The minimum atomic E-state index is 0.255. The van der Waals surface area contributed by atoms with Gasteiger partial charge in [0.1, 0.15) is 5.82 Å². The molecular formula is C16H14N2S2. The minimum absolute atomic E-state index is 0.255. The molecule has 0 bridgehead atoms. The van der Waals surface area contributed by atoms with E-state index in [1.807, 2.05) is 29.3 Å². The molecule has 20 heavy (non-hydrogen) atoms. The monoisotopic (exact) mass is 298 g/mol. The van der Waals surface area contributed by atoms with Crippen molar-refractivity contribution in [1.82, 2.24) is 9.55 Å². The number of thioether (sulfide) groups is 1. The standard InChI is InChI=1S/C16H14N2S2/c1-11-17-7-8-18(11)15-13-5-3-2-4-12(13)10-20-16-14(15)6-9-19-16/h2-9,15H,10H2,1H3. The maximum atomic E-state index is 4.41. The van der Waals surface area contributed by atoms with E-state index in [-0.39, 0.29) is 6.04 Å². The number of hydrogen-bond donors (Lipinski definition) is 0. The average Bonchev–Trinajstić information content (AvgIpc) is 3.06. The van der Waals surface area contributed by atoms with Crippen LogP contribution in [0.4, 0.5) is 0 Å². The zero-order valence-electron chi connectivity index (χ0n) is 11.1. The van der Waals surface area contributed by atoms with E-state index in [2.05, 4.69) is 58.4 Å². The lowest BCUT2D eigenvalue weighted by molar-refractivity contribution is 0.647. The smallest absolute Gasteiger partial charge is 0.106 e. The lowest BCUT2D eigenvalue weighted by Gasteiger charge is -2.21. The Bertz CT molecular complexity index is 757. The third-order valence-corrected chi connectivity index (χ3v) is 6.12. The minimum Gasteiger partial charge on any atom is -0.323 e. The number of aromatic nitrogens is 2. The number of thiophene rings is 1. The summed E-state index contributed by atoms with van der Waals surface area (Å²) in [5, 5.41) is 2.20. The third kappa shape index (κ3) is 1.83. The highest BCUT2D eigenvalue weighted by Crippen LogP contribution is 2.44. The van der Waals surface area contributed by atoms with Crippen molar-refractivity contribution in [3.63, 3.8) is 0 Å². The Labute approximate surface area is 126 Å². The fourth-order valence-electron chi connectivity index (χ4n) is 2.83. The van der Waals surface area contributed by atoms with E-state index in [0.29, 0.717) is 0 Å². The van der Waals surface area contributed by atoms with E-state index in [1.54, 1.807) is 0 Å². The number of fused-ring (bicyclic) bond motifs is 2. The first-order chi connectivity index (χ1) is 9.84. The van der Waals surface area contributed by atoms with Crippen LogP contribution in [0.2, 0.25) is 0 Å². The van der Waals surface area contributed by atoms with Crippen LogP contribution in [0.3, 0.4) is 0 Å². The molecule has 1 aliphatic heterocycles. The molecule has 4 rings (SSSR count). The quantitative estimate of drug-likeness (QED) is 0.658. The van der Waals surface area contributed by atoms with Crippen molar-refractivity contribution in [3.05, 3.63) is 70.6 Å². The van der Waals surface area contributed by atoms with Crippen molar-refractivity contribution in [3.8, 4) is 0 Å². The number of benzene rings is 1. The second-order valence-electron chi connectivity index (χ2n) is 4.94.